The number of hydrogen-bond acceptors (Lipinski definition) is 4. The Hall–Kier alpha value is -1.59. The first-order valence-corrected chi connectivity index (χ1v) is 9.01. The number of amides is 1. The molecule has 1 unspecified atom stereocenters. The molecule has 0 aromatic heterocycles. The molecule has 5 nitrogen and oxygen atoms in total. The van der Waals surface area contributed by atoms with Gasteiger partial charge in [0.25, 0.3) is 5.91 Å². The summed E-state index contributed by atoms with van der Waals surface area (Å²) in [4.78, 5) is 14.7. The predicted octanol–water partition coefficient (Wildman–Crippen LogP) is 2.25. The number of piperidine rings is 1. The number of ether oxygens (including phenoxy) is 1. The molecule has 0 spiro atoms. The number of rotatable bonds is 6. The summed E-state index contributed by atoms with van der Waals surface area (Å²) in [7, 11) is 1.66. The number of carbonyl (C=O) groups excluding carboxylic acids is 1. The van der Waals surface area contributed by atoms with Crippen molar-refractivity contribution in [1.29, 1.82) is 0 Å². The summed E-state index contributed by atoms with van der Waals surface area (Å²) in [5.41, 5.74) is 0.0467. The van der Waals surface area contributed by atoms with Crippen LogP contribution in [0.25, 0.3) is 0 Å². The predicted molar refractivity (Wildman–Crippen MR) is 93.0 cm³/mol. The standard InChI is InChI=1S/C19H28N2O3/c1-24-16-8-6-15(7-9-16)17(21-12-3-2-4-13-21)14-20-18(22)19(23)10-5-11-19/h6-9,17,23H,2-5,10-14H2,1H3,(H,20,22). The fourth-order valence-corrected chi connectivity index (χ4v) is 3.61. The molecular formula is C19H28N2O3. The molecule has 3 rings (SSSR count). The van der Waals surface area contributed by atoms with Crippen LogP contribution in [0.2, 0.25) is 0 Å². The van der Waals surface area contributed by atoms with Crippen molar-refractivity contribution in [2.45, 2.75) is 50.2 Å². The van der Waals surface area contributed by atoms with Gasteiger partial charge in [-0.1, -0.05) is 18.6 Å². The summed E-state index contributed by atoms with van der Waals surface area (Å²) in [6, 6.07) is 8.22. The van der Waals surface area contributed by atoms with Gasteiger partial charge in [0.15, 0.2) is 0 Å². The Morgan fingerprint density at radius 3 is 2.42 bits per heavy atom. The highest BCUT2D eigenvalue weighted by atomic mass is 16.5. The SMILES string of the molecule is COc1ccc(C(CNC(=O)C2(O)CCC2)N2CCCCC2)cc1. The minimum absolute atomic E-state index is 0.142. The van der Waals surface area contributed by atoms with Crippen LogP contribution >= 0.6 is 0 Å². The molecule has 24 heavy (non-hydrogen) atoms. The molecule has 132 valence electrons. The summed E-state index contributed by atoms with van der Waals surface area (Å²) < 4.78 is 5.24. The third-order valence-electron chi connectivity index (χ3n) is 5.39. The maximum Gasteiger partial charge on any atom is 0.252 e. The van der Waals surface area contributed by atoms with Crippen LogP contribution in [0.5, 0.6) is 5.75 Å². The zero-order chi connectivity index (χ0) is 17.0. The van der Waals surface area contributed by atoms with Crippen molar-refractivity contribution in [3.05, 3.63) is 29.8 Å². The Morgan fingerprint density at radius 1 is 1.21 bits per heavy atom. The summed E-state index contributed by atoms with van der Waals surface area (Å²) in [5.74, 6) is 0.619. The summed E-state index contributed by atoms with van der Waals surface area (Å²) >= 11 is 0. The molecular weight excluding hydrogens is 304 g/mol. The summed E-state index contributed by atoms with van der Waals surface area (Å²) in [6.45, 7) is 2.64. The fraction of sp³-hybridized carbons (Fsp3) is 0.632. The van der Waals surface area contributed by atoms with Crippen LogP contribution in [0.15, 0.2) is 24.3 Å². The molecule has 1 amide bonds. The van der Waals surface area contributed by atoms with Crippen LogP contribution in [0.3, 0.4) is 0 Å². The quantitative estimate of drug-likeness (QED) is 0.839. The molecule has 1 atom stereocenters. The lowest BCUT2D eigenvalue weighted by Crippen LogP contribution is -2.53. The number of aliphatic hydroxyl groups is 1. The van der Waals surface area contributed by atoms with Crippen molar-refractivity contribution in [2.24, 2.45) is 0 Å². The van der Waals surface area contributed by atoms with Gasteiger partial charge < -0.3 is 15.2 Å². The number of benzene rings is 1. The third-order valence-corrected chi connectivity index (χ3v) is 5.39. The van der Waals surface area contributed by atoms with E-state index in [-0.39, 0.29) is 11.9 Å². The molecule has 1 saturated heterocycles. The zero-order valence-corrected chi connectivity index (χ0v) is 14.5. The lowest BCUT2D eigenvalue weighted by molar-refractivity contribution is -0.148. The van der Waals surface area contributed by atoms with Crippen LogP contribution in [0.4, 0.5) is 0 Å². The topological polar surface area (TPSA) is 61.8 Å². The molecule has 1 aliphatic carbocycles. The van der Waals surface area contributed by atoms with Crippen molar-refractivity contribution < 1.29 is 14.6 Å². The number of carbonyl (C=O) groups is 1. The first kappa shape index (κ1) is 17.2. The monoisotopic (exact) mass is 332 g/mol. The highest BCUT2D eigenvalue weighted by Crippen LogP contribution is 2.32. The van der Waals surface area contributed by atoms with Gasteiger partial charge in [0.1, 0.15) is 11.4 Å². The fourth-order valence-electron chi connectivity index (χ4n) is 3.61. The van der Waals surface area contributed by atoms with Gasteiger partial charge in [-0.3, -0.25) is 9.69 Å². The summed E-state index contributed by atoms with van der Waals surface area (Å²) in [6.07, 6.45) is 5.76. The van der Waals surface area contributed by atoms with Crippen LogP contribution in [0.1, 0.15) is 50.1 Å². The molecule has 0 bridgehead atoms. The average molecular weight is 332 g/mol. The zero-order valence-electron chi connectivity index (χ0n) is 14.5. The smallest absolute Gasteiger partial charge is 0.252 e. The number of nitrogens with one attached hydrogen (secondary N) is 1. The van der Waals surface area contributed by atoms with E-state index in [1.807, 2.05) is 12.1 Å². The molecule has 1 saturated carbocycles. The Bertz CT molecular complexity index is 548. The number of nitrogens with zero attached hydrogens (tertiary/aromatic N) is 1. The van der Waals surface area contributed by atoms with E-state index in [1.54, 1.807) is 7.11 Å². The van der Waals surface area contributed by atoms with Gasteiger partial charge in [-0.05, 0) is 62.9 Å². The van der Waals surface area contributed by atoms with Gasteiger partial charge in [0.05, 0.1) is 13.2 Å². The van der Waals surface area contributed by atoms with E-state index >= 15 is 0 Å². The van der Waals surface area contributed by atoms with E-state index in [9.17, 15) is 9.90 Å². The minimum Gasteiger partial charge on any atom is -0.497 e. The largest absolute Gasteiger partial charge is 0.497 e. The minimum atomic E-state index is -1.13. The maximum atomic E-state index is 12.3. The van der Waals surface area contributed by atoms with Gasteiger partial charge >= 0.3 is 0 Å². The summed E-state index contributed by atoms with van der Waals surface area (Å²) in [5, 5.41) is 13.2. The van der Waals surface area contributed by atoms with Gasteiger partial charge in [0.2, 0.25) is 0 Å². The van der Waals surface area contributed by atoms with Crippen molar-refractivity contribution in [2.75, 3.05) is 26.7 Å². The molecule has 1 aliphatic heterocycles. The maximum absolute atomic E-state index is 12.3. The second kappa shape index (κ2) is 7.53. The van der Waals surface area contributed by atoms with Crippen molar-refractivity contribution in [1.82, 2.24) is 10.2 Å². The van der Waals surface area contributed by atoms with E-state index in [0.29, 0.717) is 19.4 Å². The average Bonchev–Trinajstić information content (AvgIpc) is 2.61. The van der Waals surface area contributed by atoms with E-state index in [2.05, 4.69) is 22.3 Å². The first-order chi connectivity index (χ1) is 11.6. The van der Waals surface area contributed by atoms with E-state index < -0.39 is 5.60 Å². The highest BCUT2D eigenvalue weighted by molar-refractivity contribution is 5.85. The van der Waals surface area contributed by atoms with Crippen LogP contribution in [-0.2, 0) is 4.79 Å². The Labute approximate surface area is 144 Å². The van der Waals surface area contributed by atoms with Gasteiger partial charge in [-0.25, -0.2) is 0 Å². The molecule has 2 fully saturated rings. The molecule has 1 aromatic rings. The van der Waals surface area contributed by atoms with Gasteiger partial charge in [0, 0.05) is 6.54 Å². The van der Waals surface area contributed by atoms with Crippen LogP contribution in [0, 0.1) is 0 Å². The Morgan fingerprint density at radius 2 is 1.88 bits per heavy atom. The number of hydrogen-bond donors (Lipinski definition) is 2. The lowest BCUT2D eigenvalue weighted by atomic mass is 9.79. The number of likely N-dealkylation sites (tertiary alicyclic amines) is 1. The lowest BCUT2D eigenvalue weighted by Gasteiger charge is -2.38. The highest BCUT2D eigenvalue weighted by Gasteiger charge is 2.42. The van der Waals surface area contributed by atoms with E-state index in [0.717, 1.165) is 25.3 Å². The second-order valence-corrected chi connectivity index (χ2v) is 6.98. The normalized spacial score (nSPS) is 21.6. The second-order valence-electron chi connectivity index (χ2n) is 6.98. The molecule has 0 radical (unpaired) electrons. The van der Waals surface area contributed by atoms with E-state index in [4.69, 9.17) is 4.74 Å². The van der Waals surface area contributed by atoms with Crippen molar-refractivity contribution in [3.63, 3.8) is 0 Å². The molecule has 2 N–H and O–H groups in total. The van der Waals surface area contributed by atoms with Gasteiger partial charge in [-0.2, -0.15) is 0 Å². The third kappa shape index (κ3) is 3.73. The molecule has 1 aromatic carbocycles. The first-order valence-electron chi connectivity index (χ1n) is 9.01. The van der Waals surface area contributed by atoms with E-state index in [1.165, 1.54) is 24.8 Å². The van der Waals surface area contributed by atoms with Crippen molar-refractivity contribution >= 4 is 5.91 Å². The van der Waals surface area contributed by atoms with Gasteiger partial charge in [-0.15, -0.1) is 0 Å². The van der Waals surface area contributed by atoms with Crippen LogP contribution in [-0.4, -0.2) is 48.3 Å². The number of methoxy groups -OCH3 is 1. The molecule has 2 aliphatic rings. The van der Waals surface area contributed by atoms with Crippen molar-refractivity contribution in [3.8, 4) is 5.75 Å². The molecule has 1 heterocycles. The molecule has 5 heteroatoms. The Kier molecular flexibility index (Phi) is 5.41. The Balaban J connectivity index is 1.70. The van der Waals surface area contributed by atoms with Crippen LogP contribution < -0.4 is 10.1 Å².